The first-order valence-electron chi connectivity index (χ1n) is 3.04. The van der Waals surface area contributed by atoms with Gasteiger partial charge in [-0.3, -0.25) is 4.84 Å². The van der Waals surface area contributed by atoms with Crippen LogP contribution in [0.2, 0.25) is 0 Å². The van der Waals surface area contributed by atoms with Crippen molar-refractivity contribution in [2.24, 2.45) is 0 Å². The van der Waals surface area contributed by atoms with Gasteiger partial charge in [-0.1, -0.05) is 12.7 Å². The molecule has 0 aliphatic carbocycles. The number of hydroxylamine groups is 1. The Bertz CT molecular complexity index is 179. The van der Waals surface area contributed by atoms with Crippen LogP contribution in [0.25, 0.3) is 0 Å². The molecule has 0 saturated heterocycles. The highest BCUT2D eigenvalue weighted by molar-refractivity contribution is 5.69. The van der Waals surface area contributed by atoms with Crippen LogP contribution in [-0.4, -0.2) is 30.4 Å². The van der Waals surface area contributed by atoms with Gasteiger partial charge in [-0.05, 0) is 0 Å². The summed E-state index contributed by atoms with van der Waals surface area (Å²) in [5.74, 6) is -1.18. The first kappa shape index (κ1) is 10.4. The standard InChI is InChI=1S/C6H9NO5/c1-2-3-11-6(10)7-12-4-5(8)9/h2H,1,3-4H2,(H,7,10)(H,8,9). The number of ether oxygens (including phenoxy) is 1. The summed E-state index contributed by atoms with van der Waals surface area (Å²) in [6, 6.07) is 0. The van der Waals surface area contributed by atoms with Crippen molar-refractivity contribution in [2.45, 2.75) is 0 Å². The van der Waals surface area contributed by atoms with Crippen LogP contribution >= 0.6 is 0 Å². The molecule has 0 heterocycles. The Hall–Kier alpha value is -1.56. The third-order valence-electron chi connectivity index (χ3n) is 0.683. The molecule has 12 heavy (non-hydrogen) atoms. The molecule has 0 aliphatic heterocycles. The highest BCUT2D eigenvalue weighted by Crippen LogP contribution is 1.78. The summed E-state index contributed by atoms with van der Waals surface area (Å²) < 4.78 is 4.39. The van der Waals surface area contributed by atoms with Crippen LogP contribution in [0, 0.1) is 0 Å². The predicted molar refractivity (Wildman–Crippen MR) is 38.3 cm³/mol. The number of hydrogen-bond acceptors (Lipinski definition) is 4. The lowest BCUT2D eigenvalue weighted by molar-refractivity contribution is -0.144. The number of carboxylic acids is 1. The average Bonchev–Trinajstić information content (AvgIpc) is 2.00. The summed E-state index contributed by atoms with van der Waals surface area (Å²) in [6.45, 7) is 2.74. The van der Waals surface area contributed by atoms with Crippen molar-refractivity contribution in [3.05, 3.63) is 12.7 Å². The number of hydrogen-bond donors (Lipinski definition) is 2. The predicted octanol–water partition coefficient (Wildman–Crippen LogP) is -0.0852. The van der Waals surface area contributed by atoms with Crippen molar-refractivity contribution >= 4 is 12.1 Å². The highest BCUT2D eigenvalue weighted by atomic mass is 16.7. The lowest BCUT2D eigenvalue weighted by Crippen LogP contribution is -2.27. The van der Waals surface area contributed by atoms with Gasteiger partial charge in [0.05, 0.1) is 0 Å². The van der Waals surface area contributed by atoms with Gasteiger partial charge in [0, 0.05) is 0 Å². The average molecular weight is 175 g/mol. The molecule has 6 heteroatoms. The molecule has 0 radical (unpaired) electrons. The van der Waals surface area contributed by atoms with E-state index in [-0.39, 0.29) is 6.61 Å². The Morgan fingerprint density at radius 2 is 2.25 bits per heavy atom. The van der Waals surface area contributed by atoms with Crippen LogP contribution in [0.3, 0.4) is 0 Å². The zero-order valence-corrected chi connectivity index (χ0v) is 6.28. The number of amides is 1. The molecule has 0 unspecified atom stereocenters. The second-order valence-electron chi connectivity index (χ2n) is 1.67. The van der Waals surface area contributed by atoms with E-state index < -0.39 is 18.7 Å². The third kappa shape index (κ3) is 6.56. The van der Waals surface area contributed by atoms with Crippen molar-refractivity contribution in [2.75, 3.05) is 13.2 Å². The van der Waals surface area contributed by atoms with E-state index in [4.69, 9.17) is 5.11 Å². The van der Waals surface area contributed by atoms with Crippen LogP contribution in [0.4, 0.5) is 4.79 Å². The quantitative estimate of drug-likeness (QED) is 0.450. The third-order valence-corrected chi connectivity index (χ3v) is 0.683. The van der Waals surface area contributed by atoms with Gasteiger partial charge in [0.15, 0.2) is 6.61 Å². The van der Waals surface area contributed by atoms with E-state index in [1.54, 1.807) is 5.48 Å². The maximum Gasteiger partial charge on any atom is 0.431 e. The molecule has 0 aromatic rings. The molecule has 1 amide bonds. The van der Waals surface area contributed by atoms with Crippen molar-refractivity contribution < 1.29 is 24.3 Å². The number of carbonyl (C=O) groups is 2. The second kappa shape index (κ2) is 6.17. The molecule has 0 bridgehead atoms. The van der Waals surface area contributed by atoms with E-state index >= 15 is 0 Å². The van der Waals surface area contributed by atoms with Gasteiger partial charge >= 0.3 is 12.1 Å². The van der Waals surface area contributed by atoms with Gasteiger partial charge in [-0.15, -0.1) is 0 Å². The van der Waals surface area contributed by atoms with E-state index in [0.29, 0.717) is 0 Å². The fourth-order valence-corrected chi connectivity index (χ4v) is 0.321. The van der Waals surface area contributed by atoms with E-state index in [1.807, 2.05) is 0 Å². The summed E-state index contributed by atoms with van der Waals surface area (Å²) in [7, 11) is 0. The molecular formula is C6H9NO5. The van der Waals surface area contributed by atoms with E-state index in [9.17, 15) is 9.59 Å². The molecule has 0 saturated carbocycles. The molecular weight excluding hydrogens is 166 g/mol. The lowest BCUT2D eigenvalue weighted by Gasteiger charge is -2.02. The first-order chi connectivity index (χ1) is 5.66. The summed E-state index contributed by atoms with van der Waals surface area (Å²) in [6.07, 6.45) is 0.521. The number of rotatable bonds is 5. The fourth-order valence-electron chi connectivity index (χ4n) is 0.321. The molecule has 0 rings (SSSR count). The minimum Gasteiger partial charge on any atom is -0.479 e. The summed E-state index contributed by atoms with van der Waals surface area (Å²) >= 11 is 0. The molecule has 68 valence electrons. The maximum absolute atomic E-state index is 10.5. The Labute approximate surface area is 68.7 Å². The molecule has 0 aromatic heterocycles. The summed E-state index contributed by atoms with van der Waals surface area (Å²) in [4.78, 5) is 24.5. The van der Waals surface area contributed by atoms with Gasteiger partial charge < -0.3 is 9.84 Å². The zero-order chi connectivity index (χ0) is 9.40. The van der Waals surface area contributed by atoms with Crippen molar-refractivity contribution in [3.63, 3.8) is 0 Å². The van der Waals surface area contributed by atoms with E-state index in [1.165, 1.54) is 6.08 Å². The van der Waals surface area contributed by atoms with Crippen molar-refractivity contribution in [1.29, 1.82) is 0 Å². The minimum absolute atomic E-state index is 0.0439. The Morgan fingerprint density at radius 1 is 1.58 bits per heavy atom. The maximum atomic E-state index is 10.5. The normalized spacial score (nSPS) is 8.67. The highest BCUT2D eigenvalue weighted by Gasteiger charge is 2.01. The summed E-state index contributed by atoms with van der Waals surface area (Å²) in [5, 5.41) is 8.07. The smallest absolute Gasteiger partial charge is 0.431 e. The van der Waals surface area contributed by atoms with Gasteiger partial charge in [-0.2, -0.15) is 5.48 Å². The fraction of sp³-hybridized carbons (Fsp3) is 0.333. The van der Waals surface area contributed by atoms with Crippen LogP contribution in [0.1, 0.15) is 0 Å². The SMILES string of the molecule is C=CCOC(=O)NOCC(=O)O. The van der Waals surface area contributed by atoms with Crippen LogP contribution in [-0.2, 0) is 14.4 Å². The van der Waals surface area contributed by atoms with Crippen LogP contribution < -0.4 is 5.48 Å². The number of carboxylic acid groups (broad SMARTS) is 1. The van der Waals surface area contributed by atoms with Gasteiger partial charge in [-0.25, -0.2) is 9.59 Å². The lowest BCUT2D eigenvalue weighted by atomic mass is 10.7. The molecule has 0 aliphatic rings. The second-order valence-corrected chi connectivity index (χ2v) is 1.67. The Balaban J connectivity index is 3.31. The van der Waals surface area contributed by atoms with Gasteiger partial charge in [0.1, 0.15) is 6.61 Å². The minimum atomic E-state index is -1.18. The Kier molecular flexibility index (Phi) is 5.37. The largest absolute Gasteiger partial charge is 0.479 e. The van der Waals surface area contributed by atoms with Crippen molar-refractivity contribution in [1.82, 2.24) is 5.48 Å². The zero-order valence-electron chi connectivity index (χ0n) is 6.28. The van der Waals surface area contributed by atoms with Gasteiger partial charge in [0.25, 0.3) is 0 Å². The molecule has 0 spiro atoms. The molecule has 0 atom stereocenters. The topological polar surface area (TPSA) is 84.9 Å². The van der Waals surface area contributed by atoms with Gasteiger partial charge in [0.2, 0.25) is 0 Å². The number of aliphatic carboxylic acids is 1. The molecule has 6 nitrogen and oxygen atoms in total. The molecule has 0 aromatic carbocycles. The summed E-state index contributed by atoms with van der Waals surface area (Å²) in [5.41, 5.74) is 1.76. The van der Waals surface area contributed by atoms with E-state index in [2.05, 4.69) is 16.2 Å². The number of nitrogens with one attached hydrogen (secondary N) is 1. The van der Waals surface area contributed by atoms with Crippen molar-refractivity contribution in [3.8, 4) is 0 Å². The van der Waals surface area contributed by atoms with Crippen LogP contribution in [0.15, 0.2) is 12.7 Å². The van der Waals surface area contributed by atoms with Crippen LogP contribution in [0.5, 0.6) is 0 Å². The number of carbonyl (C=O) groups excluding carboxylic acids is 1. The molecule has 0 fully saturated rings. The first-order valence-corrected chi connectivity index (χ1v) is 3.04. The Morgan fingerprint density at radius 3 is 2.75 bits per heavy atom. The van der Waals surface area contributed by atoms with E-state index in [0.717, 1.165) is 0 Å². The monoisotopic (exact) mass is 175 g/mol. The molecule has 2 N–H and O–H groups in total.